The fourth-order valence-electron chi connectivity index (χ4n) is 4.22. The molecule has 0 spiro atoms. The van der Waals surface area contributed by atoms with Crippen molar-refractivity contribution in [3.05, 3.63) is 11.1 Å². The molecule has 2 atom stereocenters. The Hall–Kier alpha value is -0.300. The first-order valence-electron chi connectivity index (χ1n) is 7.91. The number of hydrogen-bond acceptors (Lipinski definition) is 1. The molecular formula is C17H31N. The molecule has 0 radical (unpaired) electrons. The van der Waals surface area contributed by atoms with Gasteiger partial charge < -0.3 is 0 Å². The van der Waals surface area contributed by atoms with E-state index < -0.39 is 0 Å². The number of rotatable bonds is 3. The normalized spacial score (nSPS) is 29.8. The molecule has 1 saturated heterocycles. The maximum Gasteiger partial charge on any atom is 0.0139 e. The topological polar surface area (TPSA) is 3.24 Å². The van der Waals surface area contributed by atoms with Crippen molar-refractivity contribution in [2.75, 3.05) is 0 Å². The summed E-state index contributed by atoms with van der Waals surface area (Å²) in [5, 5.41) is 0. The Morgan fingerprint density at radius 2 is 1.17 bits per heavy atom. The lowest BCUT2D eigenvalue weighted by molar-refractivity contribution is 0.150. The number of hydrogen-bond donors (Lipinski definition) is 0. The smallest absolute Gasteiger partial charge is 0.0139 e. The Kier molecular flexibility index (Phi) is 4.21. The van der Waals surface area contributed by atoms with Crippen LogP contribution in [0.1, 0.15) is 67.2 Å². The zero-order valence-corrected chi connectivity index (χ0v) is 13.2. The Labute approximate surface area is 114 Å². The Balaban J connectivity index is 2.31. The van der Waals surface area contributed by atoms with Crippen LogP contribution in [-0.4, -0.2) is 23.0 Å². The first kappa shape index (κ1) is 14.1. The van der Waals surface area contributed by atoms with E-state index in [1.807, 2.05) is 0 Å². The zero-order chi connectivity index (χ0) is 13.4. The second kappa shape index (κ2) is 5.36. The minimum absolute atomic E-state index is 0.711. The molecule has 0 saturated carbocycles. The quantitative estimate of drug-likeness (QED) is 0.659. The van der Waals surface area contributed by atoms with Gasteiger partial charge in [0.25, 0.3) is 0 Å². The van der Waals surface area contributed by atoms with Crippen molar-refractivity contribution in [3.8, 4) is 0 Å². The monoisotopic (exact) mass is 249 g/mol. The molecule has 1 nitrogen and oxygen atoms in total. The van der Waals surface area contributed by atoms with Gasteiger partial charge in [0.15, 0.2) is 0 Å². The summed E-state index contributed by atoms with van der Waals surface area (Å²) in [4.78, 5) is 2.82. The van der Waals surface area contributed by atoms with Gasteiger partial charge in [0.2, 0.25) is 0 Å². The second-order valence-electron chi connectivity index (χ2n) is 7.19. The molecule has 0 aromatic carbocycles. The van der Waals surface area contributed by atoms with Crippen LogP contribution in [0.15, 0.2) is 11.1 Å². The average Bonchev–Trinajstić information content (AvgIpc) is 2.52. The van der Waals surface area contributed by atoms with Gasteiger partial charge in [-0.25, -0.2) is 0 Å². The highest BCUT2D eigenvalue weighted by molar-refractivity contribution is 5.24. The van der Waals surface area contributed by atoms with Crippen molar-refractivity contribution in [2.45, 2.75) is 85.4 Å². The average molecular weight is 249 g/mol. The fourth-order valence-corrected chi connectivity index (χ4v) is 4.22. The van der Waals surface area contributed by atoms with Crippen molar-refractivity contribution in [3.63, 3.8) is 0 Å². The van der Waals surface area contributed by atoms with E-state index in [9.17, 15) is 0 Å². The van der Waals surface area contributed by atoms with Crippen molar-refractivity contribution >= 4 is 0 Å². The van der Waals surface area contributed by atoms with Gasteiger partial charge in [0.05, 0.1) is 0 Å². The lowest BCUT2D eigenvalue weighted by Crippen LogP contribution is -2.40. The minimum Gasteiger partial charge on any atom is -0.294 e. The summed E-state index contributed by atoms with van der Waals surface area (Å²) in [5.74, 6) is 1.46. The third-order valence-electron chi connectivity index (χ3n) is 4.99. The van der Waals surface area contributed by atoms with Crippen LogP contribution in [0.2, 0.25) is 0 Å². The van der Waals surface area contributed by atoms with Crippen LogP contribution in [0.25, 0.3) is 0 Å². The van der Waals surface area contributed by atoms with Crippen LogP contribution in [0.5, 0.6) is 0 Å². The summed E-state index contributed by atoms with van der Waals surface area (Å²) in [7, 11) is 0. The molecule has 2 rings (SSSR count). The molecule has 2 unspecified atom stereocenters. The molecule has 1 heteroatoms. The number of fused-ring (bicyclic) bond motifs is 2. The molecule has 0 aromatic rings. The molecule has 0 amide bonds. The van der Waals surface area contributed by atoms with Crippen LogP contribution in [0, 0.1) is 11.8 Å². The van der Waals surface area contributed by atoms with Gasteiger partial charge in [0.1, 0.15) is 0 Å². The molecule has 104 valence electrons. The predicted octanol–water partition coefficient (Wildman–Crippen LogP) is 4.63. The largest absolute Gasteiger partial charge is 0.294 e. The zero-order valence-electron chi connectivity index (χ0n) is 13.2. The van der Waals surface area contributed by atoms with Crippen LogP contribution < -0.4 is 0 Å². The Morgan fingerprint density at radius 1 is 0.778 bits per heavy atom. The van der Waals surface area contributed by atoms with Crippen molar-refractivity contribution < 1.29 is 0 Å². The van der Waals surface area contributed by atoms with Crippen molar-refractivity contribution in [1.82, 2.24) is 4.90 Å². The fraction of sp³-hybridized carbons (Fsp3) is 0.882. The summed E-state index contributed by atoms with van der Waals surface area (Å²) >= 11 is 0. The third-order valence-corrected chi connectivity index (χ3v) is 4.99. The summed E-state index contributed by atoms with van der Waals surface area (Å²) in [6, 6.07) is 2.36. The van der Waals surface area contributed by atoms with E-state index >= 15 is 0 Å². The molecule has 0 aliphatic carbocycles. The van der Waals surface area contributed by atoms with E-state index in [-0.39, 0.29) is 0 Å². The van der Waals surface area contributed by atoms with Crippen LogP contribution in [-0.2, 0) is 0 Å². The van der Waals surface area contributed by atoms with Crippen LogP contribution in [0.4, 0.5) is 0 Å². The molecular weight excluding hydrogens is 218 g/mol. The Bertz CT molecular complexity index is 297. The minimum atomic E-state index is 0.711. The highest BCUT2D eigenvalue weighted by atomic mass is 15.2. The molecule has 2 bridgehead atoms. The number of nitrogens with zero attached hydrogens (tertiary/aromatic N) is 1. The van der Waals surface area contributed by atoms with Gasteiger partial charge in [-0.1, -0.05) is 38.8 Å². The van der Waals surface area contributed by atoms with Gasteiger partial charge in [-0.05, 0) is 51.4 Å². The summed E-state index contributed by atoms with van der Waals surface area (Å²) in [6.07, 6.45) is 5.51. The van der Waals surface area contributed by atoms with E-state index in [4.69, 9.17) is 0 Å². The van der Waals surface area contributed by atoms with Gasteiger partial charge in [0, 0.05) is 18.1 Å². The third kappa shape index (κ3) is 2.52. The molecule has 0 N–H and O–H groups in total. The molecule has 2 aliphatic heterocycles. The highest BCUT2D eigenvalue weighted by Crippen LogP contribution is 2.42. The lowest BCUT2D eigenvalue weighted by Gasteiger charge is -2.32. The second-order valence-corrected chi connectivity index (χ2v) is 7.19. The first-order chi connectivity index (χ1) is 8.41. The van der Waals surface area contributed by atoms with E-state index in [0.29, 0.717) is 6.04 Å². The van der Waals surface area contributed by atoms with Gasteiger partial charge >= 0.3 is 0 Å². The lowest BCUT2D eigenvalue weighted by atomic mass is 9.83. The predicted molar refractivity (Wildman–Crippen MR) is 79.7 cm³/mol. The molecule has 1 fully saturated rings. The van der Waals surface area contributed by atoms with E-state index in [1.54, 1.807) is 11.1 Å². The molecule has 18 heavy (non-hydrogen) atoms. The van der Waals surface area contributed by atoms with E-state index in [0.717, 1.165) is 23.9 Å². The summed E-state index contributed by atoms with van der Waals surface area (Å²) in [5.41, 5.74) is 3.56. The highest BCUT2D eigenvalue weighted by Gasteiger charge is 2.39. The Morgan fingerprint density at radius 3 is 1.44 bits per heavy atom. The summed E-state index contributed by atoms with van der Waals surface area (Å²) in [6.45, 7) is 14.3. The first-order valence-corrected chi connectivity index (χ1v) is 7.91. The maximum absolute atomic E-state index is 2.82. The van der Waals surface area contributed by atoms with Gasteiger partial charge in [-0.15, -0.1) is 0 Å². The maximum atomic E-state index is 2.82. The van der Waals surface area contributed by atoms with E-state index in [1.165, 1.54) is 25.7 Å². The molecule has 0 aromatic heterocycles. The van der Waals surface area contributed by atoms with Crippen LogP contribution >= 0.6 is 0 Å². The molecule has 2 heterocycles. The summed E-state index contributed by atoms with van der Waals surface area (Å²) < 4.78 is 0. The molecule has 2 aliphatic rings. The van der Waals surface area contributed by atoms with E-state index in [2.05, 4.69) is 46.4 Å². The van der Waals surface area contributed by atoms with Crippen molar-refractivity contribution in [1.29, 1.82) is 0 Å². The standard InChI is InChI=1S/C17H31N/c1-11(2)16-9-14-7-8-15(18(14)13(5)6)10-17(16)12(3)4/h11-15H,7-10H2,1-6H3. The SMILES string of the molecule is CC(C)C1=C(C(C)C)CC2CCC(C1)N2C(C)C. The van der Waals surface area contributed by atoms with Crippen LogP contribution in [0.3, 0.4) is 0 Å². The van der Waals surface area contributed by atoms with Gasteiger partial charge in [-0.3, -0.25) is 4.90 Å². The van der Waals surface area contributed by atoms with Gasteiger partial charge in [-0.2, -0.15) is 0 Å². The van der Waals surface area contributed by atoms with Crippen molar-refractivity contribution in [2.24, 2.45) is 11.8 Å².